The predicted octanol–water partition coefficient (Wildman–Crippen LogP) is 2.51. The van der Waals surface area contributed by atoms with E-state index in [1.807, 2.05) is 18.2 Å². The van der Waals surface area contributed by atoms with E-state index in [9.17, 15) is 0 Å². The SMILES string of the molecule is C=CCCNC(C)c1ccco1. The van der Waals surface area contributed by atoms with Crippen LogP contribution < -0.4 is 5.32 Å². The molecular formula is C10H15NO. The van der Waals surface area contributed by atoms with Crippen LogP contribution in [0.5, 0.6) is 0 Å². The molecule has 1 heterocycles. The fourth-order valence-electron chi connectivity index (χ4n) is 1.04. The second-order valence-corrected chi connectivity index (χ2v) is 2.77. The predicted molar refractivity (Wildman–Crippen MR) is 49.9 cm³/mol. The topological polar surface area (TPSA) is 25.2 Å². The zero-order valence-electron chi connectivity index (χ0n) is 7.42. The smallest absolute Gasteiger partial charge is 0.120 e. The highest BCUT2D eigenvalue weighted by molar-refractivity contribution is 5.02. The van der Waals surface area contributed by atoms with Crippen LogP contribution in [0.1, 0.15) is 25.1 Å². The first-order valence-electron chi connectivity index (χ1n) is 4.22. The van der Waals surface area contributed by atoms with Gasteiger partial charge in [0.25, 0.3) is 0 Å². The van der Waals surface area contributed by atoms with Gasteiger partial charge in [0.05, 0.1) is 12.3 Å². The summed E-state index contributed by atoms with van der Waals surface area (Å²) >= 11 is 0. The van der Waals surface area contributed by atoms with Gasteiger partial charge in [-0.15, -0.1) is 6.58 Å². The molecule has 0 aliphatic heterocycles. The number of rotatable bonds is 5. The monoisotopic (exact) mass is 165 g/mol. The van der Waals surface area contributed by atoms with Crippen molar-refractivity contribution in [1.82, 2.24) is 5.32 Å². The van der Waals surface area contributed by atoms with Crippen LogP contribution in [0.2, 0.25) is 0 Å². The summed E-state index contributed by atoms with van der Waals surface area (Å²) in [6.07, 6.45) is 4.59. The summed E-state index contributed by atoms with van der Waals surface area (Å²) in [5, 5.41) is 3.32. The Hall–Kier alpha value is -1.02. The average Bonchev–Trinajstić information content (AvgIpc) is 2.56. The van der Waals surface area contributed by atoms with Gasteiger partial charge < -0.3 is 9.73 Å². The van der Waals surface area contributed by atoms with Crippen molar-refractivity contribution >= 4 is 0 Å². The molecule has 0 bridgehead atoms. The van der Waals surface area contributed by atoms with Gasteiger partial charge in [-0.3, -0.25) is 0 Å². The van der Waals surface area contributed by atoms with Crippen molar-refractivity contribution in [2.24, 2.45) is 0 Å². The Kier molecular flexibility index (Phi) is 3.61. The standard InChI is InChI=1S/C10H15NO/c1-3-4-7-11-9(2)10-6-5-8-12-10/h3,5-6,8-9,11H,1,4,7H2,2H3. The Labute approximate surface area is 73.3 Å². The largest absolute Gasteiger partial charge is 0.468 e. The van der Waals surface area contributed by atoms with Gasteiger partial charge in [0.1, 0.15) is 5.76 Å². The molecule has 0 radical (unpaired) electrons. The molecule has 0 aliphatic rings. The minimum Gasteiger partial charge on any atom is -0.468 e. The molecule has 0 fully saturated rings. The molecule has 0 spiro atoms. The van der Waals surface area contributed by atoms with Crippen molar-refractivity contribution in [3.05, 3.63) is 36.8 Å². The third-order valence-corrected chi connectivity index (χ3v) is 1.77. The van der Waals surface area contributed by atoms with Crippen molar-refractivity contribution in [1.29, 1.82) is 0 Å². The average molecular weight is 165 g/mol. The lowest BCUT2D eigenvalue weighted by Crippen LogP contribution is -2.18. The first kappa shape index (κ1) is 9.07. The first-order chi connectivity index (χ1) is 5.84. The maximum absolute atomic E-state index is 5.24. The maximum Gasteiger partial charge on any atom is 0.120 e. The normalized spacial score (nSPS) is 12.8. The molecule has 0 saturated heterocycles. The van der Waals surface area contributed by atoms with Crippen molar-refractivity contribution in [3.8, 4) is 0 Å². The summed E-state index contributed by atoms with van der Waals surface area (Å²) < 4.78 is 5.24. The molecule has 1 aromatic rings. The molecule has 1 unspecified atom stereocenters. The molecule has 1 N–H and O–H groups in total. The summed E-state index contributed by atoms with van der Waals surface area (Å²) in [5.74, 6) is 0.985. The second kappa shape index (κ2) is 4.78. The molecule has 0 aliphatic carbocycles. The Balaban J connectivity index is 2.29. The van der Waals surface area contributed by atoms with Crippen molar-refractivity contribution in [3.63, 3.8) is 0 Å². The van der Waals surface area contributed by atoms with Crippen LogP contribution in [0, 0.1) is 0 Å². The Morgan fingerprint density at radius 3 is 3.17 bits per heavy atom. The lowest BCUT2D eigenvalue weighted by Gasteiger charge is -2.09. The second-order valence-electron chi connectivity index (χ2n) is 2.77. The van der Waals surface area contributed by atoms with E-state index in [4.69, 9.17) is 4.42 Å². The summed E-state index contributed by atoms with van der Waals surface area (Å²) in [5.41, 5.74) is 0. The van der Waals surface area contributed by atoms with Crippen LogP contribution >= 0.6 is 0 Å². The molecule has 0 aromatic carbocycles. The summed E-state index contributed by atoms with van der Waals surface area (Å²) in [7, 11) is 0. The molecule has 1 atom stereocenters. The Morgan fingerprint density at radius 1 is 1.75 bits per heavy atom. The molecule has 2 heteroatoms. The van der Waals surface area contributed by atoms with E-state index in [1.54, 1.807) is 6.26 Å². The third-order valence-electron chi connectivity index (χ3n) is 1.77. The quantitative estimate of drug-likeness (QED) is 0.535. The van der Waals surface area contributed by atoms with E-state index in [1.165, 1.54) is 0 Å². The lowest BCUT2D eigenvalue weighted by atomic mass is 10.2. The molecule has 1 rings (SSSR count). The van der Waals surface area contributed by atoms with Gasteiger partial charge in [0.15, 0.2) is 0 Å². The summed E-state index contributed by atoms with van der Waals surface area (Å²) in [6.45, 7) is 6.69. The molecule has 0 saturated carbocycles. The zero-order valence-corrected chi connectivity index (χ0v) is 7.42. The van der Waals surface area contributed by atoms with Gasteiger partial charge in [-0.05, 0) is 32.0 Å². The zero-order chi connectivity index (χ0) is 8.81. The van der Waals surface area contributed by atoms with E-state index in [2.05, 4.69) is 18.8 Å². The van der Waals surface area contributed by atoms with Crippen LogP contribution in [0.3, 0.4) is 0 Å². The fraction of sp³-hybridized carbons (Fsp3) is 0.400. The number of furan rings is 1. The molecular weight excluding hydrogens is 150 g/mol. The van der Waals surface area contributed by atoms with Crippen molar-refractivity contribution < 1.29 is 4.42 Å². The number of hydrogen-bond donors (Lipinski definition) is 1. The molecule has 0 amide bonds. The number of nitrogens with one attached hydrogen (secondary N) is 1. The molecule has 66 valence electrons. The Morgan fingerprint density at radius 2 is 2.58 bits per heavy atom. The summed E-state index contributed by atoms with van der Waals surface area (Å²) in [6, 6.07) is 4.17. The highest BCUT2D eigenvalue weighted by Gasteiger charge is 2.04. The Bertz CT molecular complexity index is 216. The molecule has 2 nitrogen and oxygen atoms in total. The van der Waals surface area contributed by atoms with E-state index in [0.29, 0.717) is 6.04 Å². The highest BCUT2D eigenvalue weighted by atomic mass is 16.3. The lowest BCUT2D eigenvalue weighted by molar-refractivity contribution is 0.433. The third kappa shape index (κ3) is 2.55. The van der Waals surface area contributed by atoms with E-state index < -0.39 is 0 Å². The van der Waals surface area contributed by atoms with Gasteiger partial charge in [-0.2, -0.15) is 0 Å². The highest BCUT2D eigenvalue weighted by Crippen LogP contribution is 2.11. The minimum absolute atomic E-state index is 0.292. The van der Waals surface area contributed by atoms with Crippen LogP contribution in [0.15, 0.2) is 35.5 Å². The first-order valence-corrected chi connectivity index (χ1v) is 4.22. The van der Waals surface area contributed by atoms with Crippen LogP contribution in [0.25, 0.3) is 0 Å². The van der Waals surface area contributed by atoms with Gasteiger partial charge in [-0.1, -0.05) is 6.08 Å². The van der Waals surface area contributed by atoms with Gasteiger partial charge in [0.2, 0.25) is 0 Å². The van der Waals surface area contributed by atoms with Crippen LogP contribution in [0.4, 0.5) is 0 Å². The minimum atomic E-state index is 0.292. The van der Waals surface area contributed by atoms with E-state index in [0.717, 1.165) is 18.7 Å². The van der Waals surface area contributed by atoms with Gasteiger partial charge in [0, 0.05) is 0 Å². The van der Waals surface area contributed by atoms with Crippen molar-refractivity contribution in [2.75, 3.05) is 6.54 Å². The van der Waals surface area contributed by atoms with Gasteiger partial charge in [-0.25, -0.2) is 0 Å². The van der Waals surface area contributed by atoms with E-state index in [-0.39, 0.29) is 0 Å². The van der Waals surface area contributed by atoms with Gasteiger partial charge >= 0.3 is 0 Å². The molecule has 12 heavy (non-hydrogen) atoms. The number of hydrogen-bond acceptors (Lipinski definition) is 2. The van der Waals surface area contributed by atoms with Crippen molar-refractivity contribution in [2.45, 2.75) is 19.4 Å². The van der Waals surface area contributed by atoms with Crippen LogP contribution in [-0.4, -0.2) is 6.54 Å². The van der Waals surface area contributed by atoms with E-state index >= 15 is 0 Å². The molecule has 1 aromatic heterocycles. The van der Waals surface area contributed by atoms with Crippen LogP contribution in [-0.2, 0) is 0 Å². The summed E-state index contributed by atoms with van der Waals surface area (Å²) in [4.78, 5) is 0. The maximum atomic E-state index is 5.24. The fourth-order valence-corrected chi connectivity index (χ4v) is 1.04.